The summed E-state index contributed by atoms with van der Waals surface area (Å²) < 4.78 is 0. The lowest BCUT2D eigenvalue weighted by atomic mass is 10.2. The van der Waals surface area contributed by atoms with Crippen molar-refractivity contribution in [1.82, 2.24) is 10.6 Å². The number of carboxylic acids is 1. The van der Waals surface area contributed by atoms with Gasteiger partial charge in [0.1, 0.15) is 12.1 Å². The number of aliphatic hydroxyl groups excluding tert-OH is 3. The molecule has 0 saturated heterocycles. The van der Waals surface area contributed by atoms with Gasteiger partial charge in [0.15, 0.2) is 0 Å². The number of hydrogen-bond acceptors (Lipinski definition) is 6. The third-order valence-electron chi connectivity index (χ3n) is 2.11. The molecule has 110 valence electrons. The molecule has 3 atom stereocenters. The molecule has 0 heterocycles. The normalized spacial score (nSPS) is 15.2. The van der Waals surface area contributed by atoms with Gasteiger partial charge >= 0.3 is 5.97 Å². The molecule has 3 unspecified atom stereocenters. The molecule has 9 heteroatoms. The van der Waals surface area contributed by atoms with E-state index in [2.05, 4.69) is 5.32 Å². The van der Waals surface area contributed by atoms with Crippen LogP contribution in [0.25, 0.3) is 0 Å². The standard InChI is InChI=1S/C10H18N2O7/c1-5(15)2-8(16)11-6(3-13)9(17)12-7(4-14)10(18)19/h5-7,13-15H,2-4H2,1H3,(H,11,16)(H,12,17)(H,18,19). The topological polar surface area (TPSA) is 156 Å². The quantitative estimate of drug-likeness (QED) is 0.273. The van der Waals surface area contributed by atoms with Crippen LogP contribution in [0.2, 0.25) is 0 Å². The molecular weight excluding hydrogens is 260 g/mol. The van der Waals surface area contributed by atoms with E-state index in [0.29, 0.717) is 0 Å². The van der Waals surface area contributed by atoms with E-state index in [0.717, 1.165) is 0 Å². The van der Waals surface area contributed by atoms with Gasteiger partial charge in [0, 0.05) is 0 Å². The molecule has 0 fully saturated rings. The van der Waals surface area contributed by atoms with Crippen molar-refractivity contribution >= 4 is 17.8 Å². The van der Waals surface area contributed by atoms with E-state index < -0.39 is 49.2 Å². The highest BCUT2D eigenvalue weighted by Crippen LogP contribution is 1.93. The minimum Gasteiger partial charge on any atom is -0.480 e. The second-order valence-corrected chi connectivity index (χ2v) is 3.94. The highest BCUT2D eigenvalue weighted by atomic mass is 16.4. The van der Waals surface area contributed by atoms with Crippen molar-refractivity contribution in [3.05, 3.63) is 0 Å². The molecule has 0 aromatic rings. The monoisotopic (exact) mass is 278 g/mol. The molecule has 0 aliphatic carbocycles. The van der Waals surface area contributed by atoms with Crippen LogP contribution in [0.3, 0.4) is 0 Å². The maximum atomic E-state index is 11.5. The fraction of sp³-hybridized carbons (Fsp3) is 0.700. The summed E-state index contributed by atoms with van der Waals surface area (Å²) in [6.07, 6.45) is -1.17. The minimum atomic E-state index is -1.52. The Bertz CT molecular complexity index is 332. The number of carbonyl (C=O) groups excluding carboxylic acids is 2. The largest absolute Gasteiger partial charge is 0.480 e. The Labute approximate surface area is 109 Å². The van der Waals surface area contributed by atoms with E-state index in [1.165, 1.54) is 6.92 Å². The molecule has 0 radical (unpaired) electrons. The van der Waals surface area contributed by atoms with Crippen LogP contribution in [0.5, 0.6) is 0 Å². The van der Waals surface area contributed by atoms with E-state index in [9.17, 15) is 14.4 Å². The van der Waals surface area contributed by atoms with Gasteiger partial charge in [-0.15, -0.1) is 0 Å². The Morgan fingerprint density at radius 2 is 1.58 bits per heavy atom. The van der Waals surface area contributed by atoms with Crippen molar-refractivity contribution in [2.24, 2.45) is 0 Å². The van der Waals surface area contributed by atoms with Crippen LogP contribution in [-0.2, 0) is 14.4 Å². The highest BCUT2D eigenvalue weighted by Gasteiger charge is 2.25. The van der Waals surface area contributed by atoms with Crippen molar-refractivity contribution in [3.63, 3.8) is 0 Å². The SMILES string of the molecule is CC(O)CC(=O)NC(CO)C(=O)NC(CO)C(=O)O. The molecule has 0 spiro atoms. The van der Waals surface area contributed by atoms with Crippen molar-refractivity contribution in [3.8, 4) is 0 Å². The molecule has 0 saturated carbocycles. The Balaban J connectivity index is 4.47. The van der Waals surface area contributed by atoms with Gasteiger partial charge in [-0.2, -0.15) is 0 Å². The summed E-state index contributed by atoms with van der Waals surface area (Å²) in [4.78, 5) is 33.4. The summed E-state index contributed by atoms with van der Waals surface area (Å²) in [6, 6.07) is -2.87. The third kappa shape index (κ3) is 6.70. The first-order valence-corrected chi connectivity index (χ1v) is 5.54. The van der Waals surface area contributed by atoms with Crippen LogP contribution in [0.4, 0.5) is 0 Å². The average molecular weight is 278 g/mol. The number of carboxylic acid groups (broad SMARTS) is 1. The Hall–Kier alpha value is -1.71. The minimum absolute atomic E-state index is 0.258. The maximum absolute atomic E-state index is 11.5. The number of aliphatic hydroxyl groups is 3. The summed E-state index contributed by atoms with van der Waals surface area (Å²) in [6.45, 7) is -0.185. The Morgan fingerprint density at radius 3 is 1.95 bits per heavy atom. The third-order valence-corrected chi connectivity index (χ3v) is 2.11. The average Bonchev–Trinajstić information content (AvgIpc) is 2.31. The fourth-order valence-electron chi connectivity index (χ4n) is 1.17. The van der Waals surface area contributed by atoms with E-state index in [1.54, 1.807) is 0 Å². The summed E-state index contributed by atoms with van der Waals surface area (Å²) in [5.41, 5.74) is 0. The molecular formula is C10H18N2O7. The maximum Gasteiger partial charge on any atom is 0.328 e. The lowest BCUT2D eigenvalue weighted by Gasteiger charge is -2.19. The number of nitrogens with one attached hydrogen (secondary N) is 2. The predicted molar refractivity (Wildman–Crippen MR) is 62.0 cm³/mol. The summed E-state index contributed by atoms with van der Waals surface area (Å²) in [5.74, 6) is -3.05. The molecule has 9 nitrogen and oxygen atoms in total. The van der Waals surface area contributed by atoms with E-state index in [1.807, 2.05) is 5.32 Å². The van der Waals surface area contributed by atoms with Gasteiger partial charge < -0.3 is 31.1 Å². The zero-order valence-corrected chi connectivity index (χ0v) is 10.4. The van der Waals surface area contributed by atoms with E-state index in [-0.39, 0.29) is 6.42 Å². The molecule has 0 aromatic carbocycles. The summed E-state index contributed by atoms with van der Waals surface area (Å²) in [5, 5.41) is 39.3. The summed E-state index contributed by atoms with van der Waals surface area (Å²) >= 11 is 0. The Kier molecular flexibility index (Phi) is 7.65. The molecule has 6 N–H and O–H groups in total. The lowest BCUT2D eigenvalue weighted by Crippen LogP contribution is -2.54. The van der Waals surface area contributed by atoms with Crippen LogP contribution in [0, 0.1) is 0 Å². The second-order valence-electron chi connectivity index (χ2n) is 3.94. The first kappa shape index (κ1) is 17.3. The number of amides is 2. The number of hydrogen-bond donors (Lipinski definition) is 6. The van der Waals surface area contributed by atoms with Crippen molar-refractivity contribution < 1.29 is 34.8 Å². The van der Waals surface area contributed by atoms with Gasteiger partial charge in [0.25, 0.3) is 0 Å². The van der Waals surface area contributed by atoms with Gasteiger partial charge in [0.2, 0.25) is 11.8 Å². The number of rotatable bonds is 8. The lowest BCUT2D eigenvalue weighted by molar-refractivity contribution is -0.143. The molecule has 0 aliphatic rings. The van der Waals surface area contributed by atoms with Gasteiger partial charge in [-0.1, -0.05) is 0 Å². The van der Waals surface area contributed by atoms with Crippen molar-refractivity contribution in [1.29, 1.82) is 0 Å². The molecule has 0 aliphatic heterocycles. The predicted octanol–water partition coefficient (Wildman–Crippen LogP) is -3.20. The van der Waals surface area contributed by atoms with Gasteiger partial charge in [-0.3, -0.25) is 9.59 Å². The zero-order valence-electron chi connectivity index (χ0n) is 10.4. The molecule has 0 bridgehead atoms. The highest BCUT2D eigenvalue weighted by molar-refractivity contribution is 5.90. The number of aliphatic carboxylic acids is 1. The van der Waals surface area contributed by atoms with E-state index >= 15 is 0 Å². The molecule has 2 amide bonds. The smallest absolute Gasteiger partial charge is 0.328 e. The molecule has 19 heavy (non-hydrogen) atoms. The van der Waals surface area contributed by atoms with E-state index in [4.69, 9.17) is 20.4 Å². The molecule has 0 aromatic heterocycles. The van der Waals surface area contributed by atoms with Crippen molar-refractivity contribution in [2.45, 2.75) is 31.5 Å². The first-order chi connectivity index (χ1) is 8.81. The van der Waals surface area contributed by atoms with Crippen LogP contribution in [0.15, 0.2) is 0 Å². The summed E-state index contributed by atoms with van der Waals surface area (Å²) in [7, 11) is 0. The van der Waals surface area contributed by atoms with Crippen molar-refractivity contribution in [2.75, 3.05) is 13.2 Å². The fourth-order valence-corrected chi connectivity index (χ4v) is 1.17. The van der Waals surface area contributed by atoms with Gasteiger partial charge in [-0.25, -0.2) is 4.79 Å². The van der Waals surface area contributed by atoms with Gasteiger partial charge in [0.05, 0.1) is 25.7 Å². The molecule has 0 rings (SSSR count). The Morgan fingerprint density at radius 1 is 1.05 bits per heavy atom. The first-order valence-electron chi connectivity index (χ1n) is 5.54. The second kappa shape index (κ2) is 8.40. The van der Waals surface area contributed by atoms with Gasteiger partial charge in [-0.05, 0) is 6.92 Å². The van der Waals surface area contributed by atoms with Crippen LogP contribution < -0.4 is 10.6 Å². The number of carbonyl (C=O) groups is 3. The van der Waals surface area contributed by atoms with Crippen LogP contribution in [-0.4, -0.2) is 69.6 Å². The zero-order chi connectivity index (χ0) is 15.0. The van der Waals surface area contributed by atoms with Crippen LogP contribution >= 0.6 is 0 Å². The van der Waals surface area contributed by atoms with Crippen LogP contribution in [0.1, 0.15) is 13.3 Å².